The van der Waals surface area contributed by atoms with E-state index in [2.05, 4.69) is 10.3 Å². The van der Waals surface area contributed by atoms with Crippen LogP contribution in [0.5, 0.6) is 0 Å². The molecule has 4 aromatic rings. The van der Waals surface area contributed by atoms with Gasteiger partial charge in [-0.3, -0.25) is 18.9 Å². The first-order chi connectivity index (χ1) is 18.9. The summed E-state index contributed by atoms with van der Waals surface area (Å²) >= 11 is 6.04. The van der Waals surface area contributed by atoms with Crippen molar-refractivity contribution >= 4 is 40.3 Å². The maximum absolute atomic E-state index is 13.7. The van der Waals surface area contributed by atoms with Crippen LogP contribution in [0.2, 0.25) is 5.02 Å². The van der Waals surface area contributed by atoms with Gasteiger partial charge in [-0.05, 0) is 74.4 Å². The minimum atomic E-state index is -0.147. The molecule has 2 aromatic carbocycles. The number of halogens is 1. The van der Waals surface area contributed by atoms with Gasteiger partial charge >= 0.3 is 5.69 Å². The Hall–Kier alpha value is -4.17. The summed E-state index contributed by atoms with van der Waals surface area (Å²) in [6.45, 7) is 2.42. The predicted molar refractivity (Wildman–Crippen MR) is 156 cm³/mol. The first-order valence-corrected chi connectivity index (χ1v) is 13.4. The van der Waals surface area contributed by atoms with Crippen molar-refractivity contribution in [3.63, 3.8) is 0 Å². The Labute approximate surface area is 231 Å². The minimum absolute atomic E-state index is 0.0787. The number of rotatable bonds is 7. The monoisotopic (exact) mass is 542 g/mol. The summed E-state index contributed by atoms with van der Waals surface area (Å²) in [5, 5.41) is 11.1. The zero-order valence-corrected chi connectivity index (χ0v) is 22.5. The molecule has 0 aliphatic heterocycles. The summed E-state index contributed by atoms with van der Waals surface area (Å²) in [5.74, 6) is 0.183. The average molecular weight is 543 g/mol. The van der Waals surface area contributed by atoms with Crippen LogP contribution in [-0.2, 0) is 6.54 Å². The molecule has 0 spiro atoms. The highest BCUT2D eigenvalue weighted by Crippen LogP contribution is 2.28. The van der Waals surface area contributed by atoms with Crippen LogP contribution in [0.4, 0.5) is 0 Å². The van der Waals surface area contributed by atoms with E-state index in [9.17, 15) is 9.59 Å². The van der Waals surface area contributed by atoms with Gasteiger partial charge in [0.05, 0.1) is 33.0 Å². The summed E-state index contributed by atoms with van der Waals surface area (Å²) in [5.41, 5.74) is 10.6. The predicted octanol–water partition coefficient (Wildman–Crippen LogP) is 5.09. The first-order valence-electron chi connectivity index (χ1n) is 13.1. The van der Waals surface area contributed by atoms with E-state index in [4.69, 9.17) is 22.7 Å². The minimum Gasteiger partial charge on any atom is -0.404 e. The van der Waals surface area contributed by atoms with E-state index >= 15 is 0 Å². The van der Waals surface area contributed by atoms with Crippen LogP contribution in [0.3, 0.4) is 0 Å². The Kier molecular flexibility index (Phi) is 7.65. The lowest BCUT2D eigenvalue weighted by Gasteiger charge is -2.29. The number of nitrogens with one attached hydrogen (secondary N) is 2. The zero-order chi connectivity index (χ0) is 27.5. The number of hydrogen-bond donors (Lipinski definition) is 3. The number of fused-ring (bicyclic) bond motifs is 1. The number of nitrogens with zero attached hydrogens (tertiary/aromatic N) is 3. The van der Waals surface area contributed by atoms with Crippen molar-refractivity contribution in [2.45, 2.75) is 45.2 Å². The molecule has 4 N–H and O–H groups in total. The Balaban J connectivity index is 1.32. The molecule has 1 amide bonds. The van der Waals surface area contributed by atoms with Crippen molar-refractivity contribution in [1.82, 2.24) is 19.4 Å². The second kappa shape index (κ2) is 11.3. The molecule has 0 bridgehead atoms. The lowest BCUT2D eigenvalue weighted by molar-refractivity contribution is 0.0919. The molecule has 1 saturated carbocycles. The van der Waals surface area contributed by atoms with Gasteiger partial charge in [0, 0.05) is 36.8 Å². The average Bonchev–Trinajstić information content (AvgIpc) is 3.23. The fourth-order valence-electron chi connectivity index (χ4n) is 5.41. The van der Waals surface area contributed by atoms with Gasteiger partial charge in [0.25, 0.3) is 5.91 Å². The van der Waals surface area contributed by atoms with Crippen LogP contribution in [0.1, 0.15) is 47.3 Å². The summed E-state index contributed by atoms with van der Waals surface area (Å²) in [7, 11) is 0. The lowest BCUT2D eigenvalue weighted by atomic mass is 9.85. The third kappa shape index (κ3) is 5.38. The van der Waals surface area contributed by atoms with Gasteiger partial charge in [0.2, 0.25) is 0 Å². The summed E-state index contributed by atoms with van der Waals surface area (Å²) < 4.78 is 3.61. The Morgan fingerprint density at radius 3 is 2.49 bits per heavy atom. The van der Waals surface area contributed by atoms with Crippen LogP contribution >= 0.6 is 11.6 Å². The second-order valence-corrected chi connectivity index (χ2v) is 10.4. The molecule has 9 heteroatoms. The molecule has 2 heterocycles. The molecule has 200 valence electrons. The van der Waals surface area contributed by atoms with Gasteiger partial charge in [-0.15, -0.1) is 0 Å². The number of aromatic nitrogens is 3. The quantitative estimate of drug-likeness (QED) is 0.282. The standard InChI is InChI=1S/C30H31ClN6O2/c1-19-26(14-23(31)17-34-19)29(38)35-24-10-6-20(7-11-24)18-36-27-4-2-3-5-28(27)37(30(36)39)25-12-8-21(9-13-25)22(15-32)16-33/h2-5,8-9,12-17,20,24,32H,6-7,10-11,18,33H2,1H3,(H,35,38)/b22-16+,32-15?. The SMILES string of the molecule is Cc1ncc(Cl)cc1C(=O)NC1CCC(Cn2c(=O)n(-c3ccc(/C(C=N)=C/N)cc3)c3ccccc32)CC1. The van der Waals surface area contributed by atoms with Crippen LogP contribution in [-0.4, -0.2) is 32.3 Å². The molecule has 0 atom stereocenters. The molecule has 1 fully saturated rings. The Morgan fingerprint density at radius 2 is 1.82 bits per heavy atom. The van der Waals surface area contributed by atoms with E-state index in [1.54, 1.807) is 23.8 Å². The molecule has 1 aliphatic carbocycles. The number of hydrogen-bond acceptors (Lipinski definition) is 5. The van der Waals surface area contributed by atoms with Gasteiger partial charge in [-0.25, -0.2) is 4.79 Å². The van der Waals surface area contributed by atoms with E-state index in [0.717, 1.165) is 48.0 Å². The van der Waals surface area contributed by atoms with Crippen molar-refractivity contribution in [2.75, 3.05) is 0 Å². The number of aryl methyl sites for hydroxylation is 1. The number of nitrogens with two attached hydrogens (primary N) is 1. The topological polar surface area (TPSA) is 119 Å². The van der Waals surface area contributed by atoms with Crippen molar-refractivity contribution in [3.05, 3.63) is 99.3 Å². The molecular formula is C30H31ClN6O2. The molecule has 8 nitrogen and oxygen atoms in total. The second-order valence-electron chi connectivity index (χ2n) is 10.0. The van der Waals surface area contributed by atoms with Crippen molar-refractivity contribution in [3.8, 4) is 5.69 Å². The van der Waals surface area contributed by atoms with Gasteiger partial charge in [-0.1, -0.05) is 35.9 Å². The molecule has 2 aromatic heterocycles. The molecule has 1 aliphatic rings. The maximum atomic E-state index is 13.7. The number of pyridine rings is 1. The van der Waals surface area contributed by atoms with Crippen LogP contribution in [0.15, 0.2) is 71.8 Å². The fraction of sp³-hybridized carbons (Fsp3) is 0.267. The maximum Gasteiger partial charge on any atom is 0.333 e. The number of carbonyl (C=O) groups is 1. The number of benzene rings is 2. The highest BCUT2D eigenvalue weighted by atomic mass is 35.5. The number of imidazole rings is 1. The third-order valence-electron chi connectivity index (χ3n) is 7.55. The Bertz CT molecular complexity index is 1610. The highest BCUT2D eigenvalue weighted by molar-refractivity contribution is 6.30. The molecular weight excluding hydrogens is 512 g/mol. The molecule has 5 rings (SSSR count). The van der Waals surface area contributed by atoms with Crippen LogP contribution in [0, 0.1) is 18.3 Å². The van der Waals surface area contributed by atoms with Gasteiger partial charge in [0.15, 0.2) is 0 Å². The van der Waals surface area contributed by atoms with Crippen molar-refractivity contribution in [2.24, 2.45) is 11.7 Å². The third-order valence-corrected chi connectivity index (χ3v) is 7.76. The molecule has 39 heavy (non-hydrogen) atoms. The number of para-hydroxylation sites is 2. The number of allylic oxidation sites excluding steroid dienone is 1. The van der Waals surface area contributed by atoms with Gasteiger partial charge < -0.3 is 16.5 Å². The van der Waals surface area contributed by atoms with E-state index in [1.165, 1.54) is 12.4 Å². The van der Waals surface area contributed by atoms with E-state index < -0.39 is 0 Å². The molecule has 0 radical (unpaired) electrons. The number of carbonyl (C=O) groups excluding carboxylic acids is 1. The van der Waals surface area contributed by atoms with Crippen molar-refractivity contribution in [1.29, 1.82) is 5.41 Å². The van der Waals surface area contributed by atoms with E-state index in [-0.39, 0.29) is 17.6 Å². The first kappa shape index (κ1) is 26.4. The van der Waals surface area contributed by atoms with E-state index in [0.29, 0.717) is 34.3 Å². The number of amides is 1. The highest BCUT2D eigenvalue weighted by Gasteiger charge is 2.25. The van der Waals surface area contributed by atoms with Crippen LogP contribution < -0.4 is 16.7 Å². The van der Waals surface area contributed by atoms with Crippen LogP contribution in [0.25, 0.3) is 22.3 Å². The largest absolute Gasteiger partial charge is 0.404 e. The summed E-state index contributed by atoms with van der Waals surface area (Å²) in [4.78, 5) is 30.7. The molecule has 0 unspecified atom stereocenters. The Morgan fingerprint density at radius 1 is 1.13 bits per heavy atom. The normalized spacial score (nSPS) is 17.7. The lowest BCUT2D eigenvalue weighted by Crippen LogP contribution is -2.39. The summed E-state index contributed by atoms with van der Waals surface area (Å²) in [6, 6.07) is 17.1. The zero-order valence-electron chi connectivity index (χ0n) is 21.7. The van der Waals surface area contributed by atoms with Gasteiger partial charge in [-0.2, -0.15) is 0 Å². The summed E-state index contributed by atoms with van der Waals surface area (Å²) in [6.07, 6.45) is 7.68. The van der Waals surface area contributed by atoms with Crippen molar-refractivity contribution < 1.29 is 4.79 Å². The smallest absolute Gasteiger partial charge is 0.333 e. The molecule has 0 saturated heterocycles. The fourth-order valence-corrected chi connectivity index (χ4v) is 5.57. The van der Waals surface area contributed by atoms with E-state index in [1.807, 2.05) is 53.1 Å². The van der Waals surface area contributed by atoms with Gasteiger partial charge in [0.1, 0.15) is 0 Å².